The van der Waals surface area contributed by atoms with Gasteiger partial charge in [0, 0.05) is 18.8 Å². The second-order valence-corrected chi connectivity index (χ2v) is 5.78. The smallest absolute Gasteiger partial charge is 0.234 e. The van der Waals surface area contributed by atoms with Gasteiger partial charge in [-0.25, -0.2) is 0 Å². The summed E-state index contributed by atoms with van der Waals surface area (Å²) in [5, 5.41) is 12.4. The molecule has 1 atom stereocenters. The molecule has 2 aliphatic rings. The van der Waals surface area contributed by atoms with E-state index in [1.54, 1.807) is 6.07 Å². The molecule has 1 N–H and O–H groups in total. The number of halogens is 1. The lowest BCUT2D eigenvalue weighted by molar-refractivity contribution is -0.131. The average molecular weight is 306 g/mol. The Labute approximate surface area is 131 Å². The molecule has 3 rings (SSSR count). The first-order chi connectivity index (χ1) is 9.75. The van der Waals surface area contributed by atoms with Crippen molar-refractivity contribution in [2.24, 2.45) is 5.41 Å². The van der Waals surface area contributed by atoms with Gasteiger partial charge in [0.15, 0.2) is 0 Å². The van der Waals surface area contributed by atoms with Gasteiger partial charge in [-0.05, 0) is 50.4 Å². The molecule has 2 fully saturated rings. The van der Waals surface area contributed by atoms with E-state index in [2.05, 4.69) is 11.4 Å². The molecule has 1 spiro atoms. The van der Waals surface area contributed by atoms with Crippen molar-refractivity contribution in [2.75, 3.05) is 24.5 Å². The number of piperidine rings is 2. The summed E-state index contributed by atoms with van der Waals surface area (Å²) in [5.41, 5.74) is 1.24. The second kappa shape index (κ2) is 6.46. The summed E-state index contributed by atoms with van der Waals surface area (Å²) < 4.78 is 0. The van der Waals surface area contributed by atoms with E-state index in [-0.39, 0.29) is 23.7 Å². The molecule has 0 aromatic heterocycles. The molecule has 2 aliphatic heterocycles. The lowest BCUT2D eigenvalue weighted by Gasteiger charge is -2.44. The van der Waals surface area contributed by atoms with Crippen LogP contribution in [0.5, 0.6) is 0 Å². The van der Waals surface area contributed by atoms with Gasteiger partial charge in [-0.2, -0.15) is 5.26 Å². The number of nitriles is 1. The minimum Gasteiger partial charge on any atom is -0.316 e. The third-order valence-electron chi connectivity index (χ3n) is 4.50. The van der Waals surface area contributed by atoms with Gasteiger partial charge in [0.1, 0.15) is 0 Å². The number of hydrogen-bond donors (Lipinski definition) is 1. The Hall–Kier alpha value is -1.57. The number of hydrogen-bond acceptors (Lipinski definition) is 3. The van der Waals surface area contributed by atoms with Crippen molar-refractivity contribution in [3.63, 3.8) is 0 Å². The van der Waals surface area contributed by atoms with Gasteiger partial charge < -0.3 is 10.2 Å². The van der Waals surface area contributed by atoms with Gasteiger partial charge in [-0.3, -0.25) is 4.79 Å². The Morgan fingerprint density at radius 3 is 2.81 bits per heavy atom. The van der Waals surface area contributed by atoms with E-state index in [1.807, 2.05) is 23.1 Å². The highest BCUT2D eigenvalue weighted by atomic mass is 35.5. The van der Waals surface area contributed by atoms with E-state index in [4.69, 9.17) is 5.26 Å². The van der Waals surface area contributed by atoms with E-state index in [0.29, 0.717) is 5.56 Å². The Balaban J connectivity index is 0.00000161. The summed E-state index contributed by atoms with van der Waals surface area (Å²) in [6.45, 7) is 2.56. The molecule has 21 heavy (non-hydrogen) atoms. The zero-order chi connectivity index (χ0) is 14.0. The Morgan fingerprint density at radius 1 is 1.29 bits per heavy atom. The fourth-order valence-electron chi connectivity index (χ4n) is 3.42. The first-order valence-electron chi connectivity index (χ1n) is 7.28. The molecule has 0 bridgehead atoms. The normalized spacial score (nSPS) is 25.3. The molecule has 1 aromatic rings. The first-order valence-corrected chi connectivity index (χ1v) is 7.28. The molecule has 0 radical (unpaired) electrons. The zero-order valence-electron chi connectivity index (χ0n) is 12.0. The number of carbonyl (C=O) groups excluding carboxylic acids is 1. The summed E-state index contributed by atoms with van der Waals surface area (Å²) >= 11 is 0. The summed E-state index contributed by atoms with van der Waals surface area (Å²) in [5.74, 6) is 0.228. The number of nitrogens with zero attached hydrogens (tertiary/aromatic N) is 2. The fourth-order valence-corrected chi connectivity index (χ4v) is 3.42. The molecule has 4 nitrogen and oxygen atoms in total. The van der Waals surface area contributed by atoms with Crippen LogP contribution in [0.2, 0.25) is 0 Å². The monoisotopic (exact) mass is 305 g/mol. The van der Waals surface area contributed by atoms with Crippen LogP contribution < -0.4 is 10.2 Å². The predicted octanol–water partition coefficient (Wildman–Crippen LogP) is 2.48. The van der Waals surface area contributed by atoms with Crippen LogP contribution in [0.3, 0.4) is 0 Å². The fraction of sp³-hybridized carbons (Fsp3) is 0.500. The lowest BCUT2D eigenvalue weighted by atomic mass is 9.73. The van der Waals surface area contributed by atoms with Crippen LogP contribution in [0.15, 0.2) is 24.3 Å². The molecule has 112 valence electrons. The van der Waals surface area contributed by atoms with E-state index in [9.17, 15) is 4.79 Å². The second-order valence-electron chi connectivity index (χ2n) is 5.78. The summed E-state index contributed by atoms with van der Waals surface area (Å²) in [4.78, 5) is 14.8. The quantitative estimate of drug-likeness (QED) is 0.867. The third-order valence-corrected chi connectivity index (χ3v) is 4.50. The van der Waals surface area contributed by atoms with Gasteiger partial charge in [-0.15, -0.1) is 12.4 Å². The molecule has 0 aliphatic carbocycles. The highest BCUT2D eigenvalue weighted by Crippen LogP contribution is 2.38. The van der Waals surface area contributed by atoms with Crippen LogP contribution in [-0.2, 0) is 4.79 Å². The van der Waals surface area contributed by atoms with Crippen LogP contribution in [-0.4, -0.2) is 25.5 Å². The number of amides is 1. The molecular formula is C16H20ClN3O. The molecule has 1 amide bonds. The minimum atomic E-state index is -0.223. The minimum absolute atomic E-state index is 0. The summed E-state index contributed by atoms with van der Waals surface area (Å²) in [6.07, 6.45) is 4.06. The van der Waals surface area contributed by atoms with Crippen molar-refractivity contribution in [3.8, 4) is 6.07 Å². The molecule has 1 unspecified atom stereocenters. The topological polar surface area (TPSA) is 56.1 Å². The maximum absolute atomic E-state index is 12.9. The Morgan fingerprint density at radius 2 is 2.10 bits per heavy atom. The van der Waals surface area contributed by atoms with Crippen LogP contribution >= 0.6 is 12.4 Å². The van der Waals surface area contributed by atoms with Crippen molar-refractivity contribution >= 4 is 24.0 Å². The Kier molecular flexibility index (Phi) is 4.87. The van der Waals surface area contributed by atoms with E-state index in [0.717, 1.165) is 51.0 Å². The van der Waals surface area contributed by atoms with Crippen LogP contribution in [0, 0.1) is 16.7 Å². The van der Waals surface area contributed by atoms with Gasteiger partial charge in [0.25, 0.3) is 0 Å². The molecule has 2 saturated heterocycles. The summed E-state index contributed by atoms with van der Waals surface area (Å²) in [6, 6.07) is 9.50. The van der Waals surface area contributed by atoms with Gasteiger partial charge in [-0.1, -0.05) is 6.07 Å². The highest BCUT2D eigenvalue weighted by molar-refractivity contribution is 5.98. The highest BCUT2D eigenvalue weighted by Gasteiger charge is 2.44. The number of rotatable bonds is 1. The first kappa shape index (κ1) is 15.8. The van der Waals surface area contributed by atoms with E-state index < -0.39 is 0 Å². The van der Waals surface area contributed by atoms with Gasteiger partial charge >= 0.3 is 0 Å². The van der Waals surface area contributed by atoms with Gasteiger partial charge in [0.05, 0.1) is 17.0 Å². The number of nitrogens with one attached hydrogen (secondary N) is 1. The van der Waals surface area contributed by atoms with Crippen molar-refractivity contribution in [1.29, 1.82) is 5.26 Å². The SMILES string of the molecule is Cl.N#Cc1cccc(N2CCCC3(CCCNC3)C2=O)c1. The molecule has 0 saturated carbocycles. The number of anilines is 1. The molecular weight excluding hydrogens is 286 g/mol. The van der Waals surface area contributed by atoms with Crippen molar-refractivity contribution in [1.82, 2.24) is 5.32 Å². The van der Waals surface area contributed by atoms with Crippen molar-refractivity contribution in [2.45, 2.75) is 25.7 Å². The maximum Gasteiger partial charge on any atom is 0.234 e. The third kappa shape index (κ3) is 2.90. The number of benzene rings is 1. The van der Waals surface area contributed by atoms with Gasteiger partial charge in [0.2, 0.25) is 5.91 Å². The van der Waals surface area contributed by atoms with Crippen LogP contribution in [0.4, 0.5) is 5.69 Å². The van der Waals surface area contributed by atoms with E-state index >= 15 is 0 Å². The lowest BCUT2D eigenvalue weighted by Crippen LogP contribution is -2.55. The predicted molar refractivity (Wildman–Crippen MR) is 84.5 cm³/mol. The standard InChI is InChI=1S/C16H19N3O.ClH/c17-11-13-4-1-5-14(10-13)19-9-3-7-16(15(19)20)6-2-8-18-12-16;/h1,4-5,10,18H,2-3,6-9,12H2;1H. The molecule has 2 heterocycles. The molecule has 1 aromatic carbocycles. The zero-order valence-corrected chi connectivity index (χ0v) is 12.8. The van der Waals surface area contributed by atoms with Crippen molar-refractivity contribution < 1.29 is 4.79 Å². The largest absolute Gasteiger partial charge is 0.316 e. The van der Waals surface area contributed by atoms with E-state index in [1.165, 1.54) is 0 Å². The average Bonchev–Trinajstić information content (AvgIpc) is 2.51. The Bertz CT molecular complexity index is 555. The number of carbonyl (C=O) groups is 1. The van der Waals surface area contributed by atoms with Crippen LogP contribution in [0.25, 0.3) is 0 Å². The maximum atomic E-state index is 12.9. The van der Waals surface area contributed by atoms with Crippen LogP contribution in [0.1, 0.15) is 31.2 Å². The molecule has 5 heteroatoms. The van der Waals surface area contributed by atoms with Crippen molar-refractivity contribution in [3.05, 3.63) is 29.8 Å². The summed E-state index contributed by atoms with van der Waals surface area (Å²) in [7, 11) is 0.